The van der Waals surface area contributed by atoms with Gasteiger partial charge in [0, 0.05) is 0 Å². The molecule has 8 heteroatoms. The summed E-state index contributed by atoms with van der Waals surface area (Å²) in [5, 5.41) is 8.95. The van der Waals surface area contributed by atoms with Crippen molar-refractivity contribution in [1.29, 1.82) is 5.26 Å². The van der Waals surface area contributed by atoms with Gasteiger partial charge in [-0.2, -0.15) is 5.26 Å². The van der Waals surface area contributed by atoms with E-state index in [-0.39, 0.29) is 5.91 Å². The van der Waals surface area contributed by atoms with Crippen molar-refractivity contribution in [2.45, 2.75) is 20.5 Å². The normalized spacial score (nSPS) is 14.4. The topological polar surface area (TPSA) is 62.6 Å². The fraction of sp³-hybridized carbons (Fsp3) is 0.148. The second-order valence-corrected chi connectivity index (χ2v) is 10.5. The highest BCUT2D eigenvalue weighted by molar-refractivity contribution is 9.10. The van der Waals surface area contributed by atoms with Crippen molar-refractivity contribution in [1.82, 2.24) is 0 Å². The van der Waals surface area contributed by atoms with Gasteiger partial charge in [-0.1, -0.05) is 53.8 Å². The standard InChI is InChI=1S/C27H21BrN2O3S2/c1-16-4-9-22(17(2)10-16)30-26(31)24(35-27(30)34)13-20-11-21(28)25(23(12-20)32-3)33-15-19-7-5-18(14-29)6-8-19/h4-13H,15H2,1-3H3/b24-13-. The molecule has 0 radical (unpaired) electrons. The summed E-state index contributed by atoms with van der Waals surface area (Å²) in [4.78, 5) is 15.4. The predicted octanol–water partition coefficient (Wildman–Crippen LogP) is 6.93. The molecule has 1 saturated heterocycles. The first-order valence-electron chi connectivity index (χ1n) is 10.7. The Morgan fingerprint density at radius 1 is 1.14 bits per heavy atom. The molecule has 176 valence electrons. The lowest BCUT2D eigenvalue weighted by molar-refractivity contribution is -0.113. The maximum absolute atomic E-state index is 13.2. The summed E-state index contributed by atoms with van der Waals surface area (Å²) in [5.41, 5.74) is 5.23. The molecule has 3 aromatic carbocycles. The number of anilines is 1. The van der Waals surface area contributed by atoms with Crippen molar-refractivity contribution in [2.75, 3.05) is 12.0 Å². The SMILES string of the molecule is COc1cc(/C=C2\SC(=S)N(c3ccc(C)cc3C)C2=O)cc(Br)c1OCc1ccc(C#N)cc1. The van der Waals surface area contributed by atoms with Gasteiger partial charge in [0.05, 0.1) is 33.8 Å². The molecule has 5 nitrogen and oxygen atoms in total. The van der Waals surface area contributed by atoms with Crippen LogP contribution in [0.3, 0.4) is 0 Å². The van der Waals surface area contributed by atoms with Gasteiger partial charge in [0.25, 0.3) is 5.91 Å². The van der Waals surface area contributed by atoms with Crippen LogP contribution in [-0.4, -0.2) is 17.3 Å². The van der Waals surface area contributed by atoms with Gasteiger partial charge in [0.15, 0.2) is 15.8 Å². The zero-order chi connectivity index (χ0) is 25.1. The van der Waals surface area contributed by atoms with Gasteiger partial charge in [0.2, 0.25) is 0 Å². The van der Waals surface area contributed by atoms with Crippen LogP contribution < -0.4 is 14.4 Å². The smallest absolute Gasteiger partial charge is 0.270 e. The number of hydrogen-bond acceptors (Lipinski definition) is 6. The molecule has 1 amide bonds. The number of halogens is 1. The van der Waals surface area contributed by atoms with Gasteiger partial charge in [-0.3, -0.25) is 9.69 Å². The Kier molecular flexibility index (Phi) is 7.60. The Morgan fingerprint density at radius 3 is 2.54 bits per heavy atom. The zero-order valence-corrected chi connectivity index (χ0v) is 22.5. The van der Waals surface area contributed by atoms with Crippen LogP contribution in [0, 0.1) is 25.2 Å². The molecule has 0 spiro atoms. The van der Waals surface area contributed by atoms with E-state index in [1.165, 1.54) is 11.8 Å². The minimum atomic E-state index is -0.150. The molecule has 3 aromatic rings. The van der Waals surface area contributed by atoms with Crippen LogP contribution in [0.15, 0.2) is 64.0 Å². The average molecular weight is 566 g/mol. The minimum Gasteiger partial charge on any atom is -0.493 e. The van der Waals surface area contributed by atoms with E-state index < -0.39 is 0 Å². The molecule has 35 heavy (non-hydrogen) atoms. The van der Waals surface area contributed by atoms with E-state index in [0.29, 0.717) is 37.4 Å². The second-order valence-electron chi connectivity index (χ2n) is 7.94. The maximum Gasteiger partial charge on any atom is 0.270 e. The molecular weight excluding hydrogens is 544 g/mol. The zero-order valence-electron chi connectivity index (χ0n) is 19.3. The molecule has 1 aliphatic heterocycles. The molecule has 1 aliphatic rings. The minimum absolute atomic E-state index is 0.150. The molecule has 0 bridgehead atoms. The third-order valence-corrected chi connectivity index (χ3v) is 7.29. The summed E-state index contributed by atoms with van der Waals surface area (Å²) >= 11 is 10.4. The lowest BCUT2D eigenvalue weighted by Crippen LogP contribution is -2.28. The van der Waals surface area contributed by atoms with Crippen molar-refractivity contribution < 1.29 is 14.3 Å². The van der Waals surface area contributed by atoms with E-state index in [1.54, 1.807) is 30.2 Å². The summed E-state index contributed by atoms with van der Waals surface area (Å²) in [6.45, 7) is 4.31. The summed E-state index contributed by atoms with van der Waals surface area (Å²) in [7, 11) is 1.57. The second kappa shape index (κ2) is 10.6. The van der Waals surface area contributed by atoms with Crippen molar-refractivity contribution in [3.63, 3.8) is 0 Å². The number of thiocarbonyl (C=S) groups is 1. The highest BCUT2D eigenvalue weighted by Crippen LogP contribution is 2.41. The number of aryl methyl sites for hydroxylation is 2. The molecule has 0 aliphatic carbocycles. The van der Waals surface area contributed by atoms with Gasteiger partial charge in [-0.25, -0.2) is 0 Å². The highest BCUT2D eigenvalue weighted by atomic mass is 79.9. The molecule has 0 atom stereocenters. The van der Waals surface area contributed by atoms with E-state index in [0.717, 1.165) is 27.9 Å². The van der Waals surface area contributed by atoms with Crippen LogP contribution in [0.1, 0.15) is 27.8 Å². The van der Waals surface area contributed by atoms with Gasteiger partial charge >= 0.3 is 0 Å². The first-order valence-corrected chi connectivity index (χ1v) is 12.7. The van der Waals surface area contributed by atoms with Crippen LogP contribution in [0.5, 0.6) is 11.5 Å². The van der Waals surface area contributed by atoms with Crippen molar-refractivity contribution >= 4 is 61.9 Å². The van der Waals surface area contributed by atoms with Crippen molar-refractivity contribution in [3.8, 4) is 17.6 Å². The first-order chi connectivity index (χ1) is 16.8. The third-order valence-electron chi connectivity index (χ3n) is 5.40. The monoisotopic (exact) mass is 564 g/mol. The molecule has 0 saturated carbocycles. The number of hydrogen-bond donors (Lipinski definition) is 0. The number of nitrogens with zero attached hydrogens (tertiary/aromatic N) is 2. The highest BCUT2D eigenvalue weighted by Gasteiger charge is 2.34. The molecule has 0 unspecified atom stereocenters. The van der Waals surface area contributed by atoms with E-state index in [1.807, 2.05) is 56.3 Å². The number of methoxy groups -OCH3 is 1. The number of nitriles is 1. The van der Waals surface area contributed by atoms with Gasteiger partial charge in [-0.05, 0) is 82.9 Å². The fourth-order valence-corrected chi connectivity index (χ4v) is 5.54. The van der Waals surface area contributed by atoms with Crippen LogP contribution in [-0.2, 0) is 11.4 Å². The van der Waals surface area contributed by atoms with Crippen LogP contribution >= 0.6 is 39.9 Å². The van der Waals surface area contributed by atoms with Gasteiger partial charge in [-0.15, -0.1) is 0 Å². The van der Waals surface area contributed by atoms with E-state index in [2.05, 4.69) is 22.0 Å². The Labute approximate surface area is 222 Å². The Bertz CT molecular complexity index is 1390. The van der Waals surface area contributed by atoms with Crippen LogP contribution in [0.2, 0.25) is 0 Å². The number of thioether (sulfide) groups is 1. The van der Waals surface area contributed by atoms with Gasteiger partial charge < -0.3 is 9.47 Å². The van der Waals surface area contributed by atoms with E-state index in [4.69, 9.17) is 27.0 Å². The summed E-state index contributed by atoms with van der Waals surface area (Å²) < 4.78 is 12.8. The Balaban J connectivity index is 1.57. The first kappa shape index (κ1) is 25.0. The molecular formula is C27H21BrN2O3S2. The summed E-state index contributed by atoms with van der Waals surface area (Å²) in [6.07, 6.45) is 1.81. The quantitative estimate of drug-likeness (QED) is 0.239. The summed E-state index contributed by atoms with van der Waals surface area (Å²) in [6, 6.07) is 19.0. The Morgan fingerprint density at radius 2 is 1.89 bits per heavy atom. The molecule has 4 rings (SSSR count). The fourth-order valence-electron chi connectivity index (χ4n) is 3.68. The molecule has 1 fully saturated rings. The van der Waals surface area contributed by atoms with Gasteiger partial charge in [0.1, 0.15) is 6.61 Å². The molecule has 0 aromatic heterocycles. The lowest BCUT2D eigenvalue weighted by atomic mass is 10.1. The maximum atomic E-state index is 13.2. The number of rotatable bonds is 6. The van der Waals surface area contributed by atoms with Crippen LogP contribution in [0.4, 0.5) is 5.69 Å². The number of carbonyl (C=O) groups is 1. The number of carbonyl (C=O) groups excluding carboxylic acids is 1. The third kappa shape index (κ3) is 5.43. The Hall–Kier alpha value is -3.12. The number of amides is 1. The van der Waals surface area contributed by atoms with Crippen molar-refractivity contribution in [2.24, 2.45) is 0 Å². The van der Waals surface area contributed by atoms with E-state index >= 15 is 0 Å². The van der Waals surface area contributed by atoms with E-state index in [9.17, 15) is 4.79 Å². The predicted molar refractivity (Wildman–Crippen MR) is 148 cm³/mol. The van der Waals surface area contributed by atoms with Crippen LogP contribution in [0.25, 0.3) is 6.08 Å². The molecule has 1 heterocycles. The average Bonchev–Trinajstić information content (AvgIpc) is 3.11. The van der Waals surface area contributed by atoms with Crippen molar-refractivity contribution in [3.05, 3.63) is 91.8 Å². The summed E-state index contributed by atoms with van der Waals surface area (Å²) in [5.74, 6) is 0.934. The number of benzene rings is 3. The lowest BCUT2D eigenvalue weighted by Gasteiger charge is -2.17. The largest absolute Gasteiger partial charge is 0.493 e. The molecule has 0 N–H and O–H groups in total. The number of ether oxygens (including phenoxy) is 2.